The van der Waals surface area contributed by atoms with Crippen LogP contribution in [0.15, 0.2) is 12.1 Å². The van der Waals surface area contributed by atoms with Gasteiger partial charge in [0.15, 0.2) is 17.5 Å². The zero-order chi connectivity index (χ0) is 19.9. The van der Waals surface area contributed by atoms with Crippen molar-refractivity contribution in [1.29, 1.82) is 0 Å². The molecule has 28 heavy (non-hydrogen) atoms. The monoisotopic (exact) mass is 394 g/mol. The highest BCUT2D eigenvalue weighted by molar-refractivity contribution is 5.23. The third-order valence-electron chi connectivity index (χ3n) is 7.49. The number of rotatable bonds is 8. The molecule has 0 aromatic heterocycles. The van der Waals surface area contributed by atoms with Crippen LogP contribution in [-0.4, -0.2) is 0 Å². The highest BCUT2D eigenvalue weighted by Gasteiger charge is 2.26. The van der Waals surface area contributed by atoms with E-state index in [2.05, 4.69) is 6.92 Å². The molecule has 0 saturated heterocycles. The average Bonchev–Trinajstić information content (AvgIpc) is 2.71. The van der Waals surface area contributed by atoms with E-state index in [1.165, 1.54) is 76.3 Å². The lowest BCUT2D eigenvalue weighted by Crippen LogP contribution is -2.18. The molecule has 1 aromatic rings. The molecule has 2 saturated carbocycles. The van der Waals surface area contributed by atoms with Crippen molar-refractivity contribution in [3.63, 3.8) is 0 Å². The molecule has 0 unspecified atom stereocenters. The Morgan fingerprint density at radius 1 is 0.679 bits per heavy atom. The van der Waals surface area contributed by atoms with Gasteiger partial charge in [-0.15, -0.1) is 0 Å². The Morgan fingerprint density at radius 2 is 1.14 bits per heavy atom. The molecule has 158 valence electrons. The van der Waals surface area contributed by atoms with Gasteiger partial charge in [0.05, 0.1) is 0 Å². The number of hydrogen-bond acceptors (Lipinski definition) is 0. The molecule has 0 spiro atoms. The van der Waals surface area contributed by atoms with Crippen LogP contribution < -0.4 is 0 Å². The van der Waals surface area contributed by atoms with Crippen LogP contribution in [0.5, 0.6) is 0 Å². The van der Waals surface area contributed by atoms with Crippen LogP contribution in [0.2, 0.25) is 0 Å². The second-order valence-electron chi connectivity index (χ2n) is 9.48. The first-order chi connectivity index (χ1) is 13.6. The largest absolute Gasteiger partial charge is 0.204 e. The molecule has 3 heteroatoms. The quantitative estimate of drug-likeness (QED) is 0.306. The molecular formula is C25H37F3. The predicted octanol–water partition coefficient (Wildman–Crippen LogP) is 8.54. The Bertz CT molecular complexity index is 573. The van der Waals surface area contributed by atoms with Gasteiger partial charge in [0.1, 0.15) is 0 Å². The lowest BCUT2D eigenvalue weighted by molar-refractivity contribution is 0.222. The van der Waals surface area contributed by atoms with Gasteiger partial charge >= 0.3 is 0 Å². The molecule has 0 amide bonds. The Balaban J connectivity index is 1.35. The fourth-order valence-corrected chi connectivity index (χ4v) is 5.56. The van der Waals surface area contributed by atoms with Crippen LogP contribution >= 0.6 is 0 Å². The van der Waals surface area contributed by atoms with E-state index in [1.54, 1.807) is 0 Å². The summed E-state index contributed by atoms with van der Waals surface area (Å²) in [5.41, 5.74) is 0.635. The SMILES string of the molecule is CCCCC[C@H]1CC[C@H](CC[C@H]2CC[C@H](c3cc(F)c(F)c(F)c3)CC2)CC1. The van der Waals surface area contributed by atoms with Crippen molar-refractivity contribution in [2.75, 3.05) is 0 Å². The van der Waals surface area contributed by atoms with Crippen molar-refractivity contribution in [3.05, 3.63) is 35.1 Å². The third-order valence-corrected chi connectivity index (χ3v) is 7.49. The molecule has 0 N–H and O–H groups in total. The Kier molecular flexibility index (Phi) is 8.29. The van der Waals surface area contributed by atoms with Gasteiger partial charge in [-0.05, 0) is 67.1 Å². The first-order valence-electron chi connectivity index (χ1n) is 11.7. The number of unbranched alkanes of at least 4 members (excludes halogenated alkanes) is 2. The molecule has 3 rings (SSSR count). The Labute approximate surface area is 169 Å². The summed E-state index contributed by atoms with van der Waals surface area (Å²) in [6.07, 6.45) is 18.1. The van der Waals surface area contributed by atoms with Crippen LogP contribution in [0, 0.1) is 35.2 Å². The van der Waals surface area contributed by atoms with Gasteiger partial charge in [-0.25, -0.2) is 13.2 Å². The van der Waals surface area contributed by atoms with E-state index >= 15 is 0 Å². The van der Waals surface area contributed by atoms with Gasteiger partial charge < -0.3 is 0 Å². The minimum atomic E-state index is -1.35. The van der Waals surface area contributed by atoms with E-state index < -0.39 is 17.5 Å². The summed E-state index contributed by atoms with van der Waals surface area (Å²) in [5, 5.41) is 0. The molecule has 1 aromatic carbocycles. The fourth-order valence-electron chi connectivity index (χ4n) is 5.56. The minimum absolute atomic E-state index is 0.180. The first-order valence-corrected chi connectivity index (χ1v) is 11.7. The fraction of sp³-hybridized carbons (Fsp3) is 0.760. The van der Waals surface area contributed by atoms with Crippen LogP contribution in [0.4, 0.5) is 13.2 Å². The van der Waals surface area contributed by atoms with Crippen LogP contribution in [0.25, 0.3) is 0 Å². The molecule has 2 fully saturated rings. The van der Waals surface area contributed by atoms with Crippen molar-refractivity contribution < 1.29 is 13.2 Å². The maximum Gasteiger partial charge on any atom is 0.194 e. The summed E-state index contributed by atoms with van der Waals surface area (Å²) in [6.45, 7) is 2.28. The highest BCUT2D eigenvalue weighted by Crippen LogP contribution is 2.40. The van der Waals surface area contributed by atoms with Crippen LogP contribution in [-0.2, 0) is 0 Å². The molecule has 0 atom stereocenters. The summed E-state index contributed by atoms with van der Waals surface area (Å²) in [4.78, 5) is 0. The summed E-state index contributed by atoms with van der Waals surface area (Å²) in [6, 6.07) is 2.39. The molecule has 2 aliphatic carbocycles. The molecular weight excluding hydrogens is 357 g/mol. The standard InChI is InChI=1S/C25H37F3/c1-2-3-4-5-18-6-8-19(9-7-18)10-11-20-12-14-21(15-13-20)22-16-23(26)25(28)24(27)17-22/h16-21H,2-15H2,1H3/t18-,19-,20-,21-. The maximum absolute atomic E-state index is 13.5. The molecule has 0 aliphatic heterocycles. The van der Waals surface area contributed by atoms with Gasteiger partial charge in [0.2, 0.25) is 0 Å². The van der Waals surface area contributed by atoms with Crippen molar-refractivity contribution in [2.24, 2.45) is 17.8 Å². The second kappa shape index (κ2) is 10.7. The lowest BCUT2D eigenvalue weighted by atomic mass is 9.74. The van der Waals surface area contributed by atoms with E-state index in [9.17, 15) is 13.2 Å². The summed E-state index contributed by atoms with van der Waals surface area (Å²) >= 11 is 0. The summed E-state index contributed by atoms with van der Waals surface area (Å²) < 4.78 is 40.2. The van der Waals surface area contributed by atoms with E-state index in [0.29, 0.717) is 5.56 Å². The predicted molar refractivity (Wildman–Crippen MR) is 110 cm³/mol. The number of halogens is 3. The molecule has 2 aliphatic rings. The van der Waals surface area contributed by atoms with Crippen molar-refractivity contribution >= 4 is 0 Å². The van der Waals surface area contributed by atoms with Gasteiger partial charge in [-0.2, -0.15) is 0 Å². The van der Waals surface area contributed by atoms with E-state index in [-0.39, 0.29) is 5.92 Å². The van der Waals surface area contributed by atoms with Crippen molar-refractivity contribution in [3.8, 4) is 0 Å². The summed E-state index contributed by atoms with van der Waals surface area (Å²) in [5.74, 6) is -0.620. The number of benzene rings is 1. The summed E-state index contributed by atoms with van der Waals surface area (Å²) in [7, 11) is 0. The smallest absolute Gasteiger partial charge is 0.194 e. The normalized spacial score (nSPS) is 28.4. The lowest BCUT2D eigenvalue weighted by Gasteiger charge is -2.32. The Hall–Kier alpha value is -0.990. The first kappa shape index (κ1) is 21.7. The third kappa shape index (κ3) is 6.00. The Morgan fingerprint density at radius 3 is 1.64 bits per heavy atom. The van der Waals surface area contributed by atoms with Crippen molar-refractivity contribution in [2.45, 2.75) is 103 Å². The average molecular weight is 395 g/mol. The minimum Gasteiger partial charge on any atom is -0.204 e. The second-order valence-corrected chi connectivity index (χ2v) is 9.48. The van der Waals surface area contributed by atoms with E-state index in [4.69, 9.17) is 0 Å². The van der Waals surface area contributed by atoms with Gasteiger partial charge in [-0.1, -0.05) is 71.1 Å². The molecule has 0 bridgehead atoms. The van der Waals surface area contributed by atoms with E-state index in [1.807, 2.05) is 0 Å². The zero-order valence-electron chi connectivity index (χ0n) is 17.5. The molecule has 0 radical (unpaired) electrons. The van der Waals surface area contributed by atoms with E-state index in [0.717, 1.165) is 43.4 Å². The van der Waals surface area contributed by atoms with Gasteiger partial charge in [-0.3, -0.25) is 0 Å². The topological polar surface area (TPSA) is 0 Å². The van der Waals surface area contributed by atoms with Crippen LogP contribution in [0.3, 0.4) is 0 Å². The van der Waals surface area contributed by atoms with Crippen LogP contribution in [0.1, 0.15) is 108 Å². The number of hydrogen-bond donors (Lipinski definition) is 0. The van der Waals surface area contributed by atoms with Gasteiger partial charge in [0, 0.05) is 0 Å². The highest BCUT2D eigenvalue weighted by atomic mass is 19.2. The van der Waals surface area contributed by atoms with Gasteiger partial charge in [0.25, 0.3) is 0 Å². The molecule has 0 nitrogen and oxygen atoms in total. The zero-order valence-corrected chi connectivity index (χ0v) is 17.5. The maximum atomic E-state index is 13.5. The molecule has 0 heterocycles. The van der Waals surface area contributed by atoms with Crippen molar-refractivity contribution in [1.82, 2.24) is 0 Å².